The Hall–Kier alpha value is -2.56. The van der Waals surface area contributed by atoms with E-state index in [1.54, 1.807) is 6.20 Å². The fourth-order valence-electron chi connectivity index (χ4n) is 2.30. The minimum absolute atomic E-state index is 0.0784. The molecule has 5 nitrogen and oxygen atoms in total. The van der Waals surface area contributed by atoms with Gasteiger partial charge in [0, 0.05) is 12.2 Å². The van der Waals surface area contributed by atoms with Gasteiger partial charge in [-0.05, 0) is 43.2 Å². The lowest BCUT2D eigenvalue weighted by Gasteiger charge is -2.21. The Morgan fingerprint density at radius 3 is 3.05 bits per heavy atom. The van der Waals surface area contributed by atoms with E-state index in [0.29, 0.717) is 5.75 Å². The molecule has 0 aliphatic carbocycles. The standard InChI is InChI=1S/C16H17N3O2/c1-10-5-6-17-8-14(10)18-11(2)12-3-4-15-13(7-12)19-16(20)9-21-15/h3-8,11,18H,9H2,1-2H3,(H,19,20). The second-order valence-corrected chi connectivity index (χ2v) is 5.15. The number of amides is 1. The molecule has 108 valence electrons. The quantitative estimate of drug-likeness (QED) is 0.909. The van der Waals surface area contributed by atoms with Crippen LogP contribution in [0.3, 0.4) is 0 Å². The molecule has 1 amide bonds. The molecular weight excluding hydrogens is 266 g/mol. The number of ether oxygens (including phenoxy) is 1. The van der Waals surface area contributed by atoms with E-state index in [0.717, 1.165) is 22.5 Å². The number of fused-ring (bicyclic) bond motifs is 1. The number of carbonyl (C=O) groups is 1. The fourth-order valence-corrected chi connectivity index (χ4v) is 2.30. The van der Waals surface area contributed by atoms with E-state index >= 15 is 0 Å². The Bertz CT molecular complexity index is 685. The molecule has 1 aliphatic rings. The molecule has 1 unspecified atom stereocenters. The second-order valence-electron chi connectivity index (χ2n) is 5.15. The molecule has 21 heavy (non-hydrogen) atoms. The van der Waals surface area contributed by atoms with Gasteiger partial charge in [0.05, 0.1) is 17.6 Å². The van der Waals surface area contributed by atoms with Crippen LogP contribution in [0.15, 0.2) is 36.7 Å². The lowest BCUT2D eigenvalue weighted by Crippen LogP contribution is -2.25. The summed E-state index contributed by atoms with van der Waals surface area (Å²) in [6.07, 6.45) is 3.59. The summed E-state index contributed by atoms with van der Waals surface area (Å²) in [5, 5.41) is 6.25. The first-order valence-corrected chi connectivity index (χ1v) is 6.87. The van der Waals surface area contributed by atoms with Crippen molar-refractivity contribution in [3.63, 3.8) is 0 Å². The number of aryl methyl sites for hydroxylation is 1. The molecule has 2 N–H and O–H groups in total. The van der Waals surface area contributed by atoms with Gasteiger partial charge in [-0.1, -0.05) is 6.07 Å². The molecule has 3 rings (SSSR count). The van der Waals surface area contributed by atoms with Crippen LogP contribution in [-0.4, -0.2) is 17.5 Å². The summed E-state index contributed by atoms with van der Waals surface area (Å²) < 4.78 is 5.37. The van der Waals surface area contributed by atoms with Crippen LogP contribution in [0.4, 0.5) is 11.4 Å². The third-order valence-electron chi connectivity index (χ3n) is 3.55. The minimum Gasteiger partial charge on any atom is -0.482 e. The molecule has 0 spiro atoms. The highest BCUT2D eigenvalue weighted by molar-refractivity contribution is 5.95. The Labute approximate surface area is 123 Å². The van der Waals surface area contributed by atoms with Crippen molar-refractivity contribution >= 4 is 17.3 Å². The molecule has 2 aromatic rings. The summed E-state index contributed by atoms with van der Waals surface area (Å²) in [5.41, 5.74) is 3.94. The highest BCUT2D eigenvalue weighted by atomic mass is 16.5. The molecule has 1 aromatic carbocycles. The van der Waals surface area contributed by atoms with Gasteiger partial charge in [0.25, 0.3) is 5.91 Å². The predicted octanol–water partition coefficient (Wildman–Crippen LogP) is 2.89. The van der Waals surface area contributed by atoms with Gasteiger partial charge in [0.2, 0.25) is 0 Å². The van der Waals surface area contributed by atoms with Crippen LogP contribution in [-0.2, 0) is 4.79 Å². The van der Waals surface area contributed by atoms with Crippen LogP contribution in [0, 0.1) is 6.92 Å². The van der Waals surface area contributed by atoms with Crippen LogP contribution in [0.1, 0.15) is 24.1 Å². The van der Waals surface area contributed by atoms with Crippen molar-refractivity contribution in [2.75, 3.05) is 17.2 Å². The molecule has 0 radical (unpaired) electrons. The zero-order valence-electron chi connectivity index (χ0n) is 12.0. The molecule has 0 saturated carbocycles. The molecule has 5 heteroatoms. The van der Waals surface area contributed by atoms with Crippen LogP contribution in [0.5, 0.6) is 5.75 Å². The third kappa shape index (κ3) is 2.81. The first kappa shape index (κ1) is 13.4. The monoisotopic (exact) mass is 283 g/mol. The van der Waals surface area contributed by atoms with Gasteiger partial charge in [-0.3, -0.25) is 9.78 Å². The van der Waals surface area contributed by atoms with Crippen LogP contribution in [0.2, 0.25) is 0 Å². The van der Waals surface area contributed by atoms with E-state index in [9.17, 15) is 4.79 Å². The number of nitrogens with zero attached hydrogens (tertiary/aromatic N) is 1. The van der Waals surface area contributed by atoms with Crippen molar-refractivity contribution in [2.45, 2.75) is 19.9 Å². The number of benzene rings is 1. The van der Waals surface area contributed by atoms with Gasteiger partial charge in [-0.25, -0.2) is 0 Å². The lowest BCUT2D eigenvalue weighted by molar-refractivity contribution is -0.118. The largest absolute Gasteiger partial charge is 0.482 e. The Kier molecular flexibility index (Phi) is 3.48. The molecular formula is C16H17N3O2. The van der Waals surface area contributed by atoms with E-state index in [4.69, 9.17) is 4.74 Å². The summed E-state index contributed by atoms with van der Waals surface area (Å²) >= 11 is 0. The van der Waals surface area contributed by atoms with Gasteiger partial charge >= 0.3 is 0 Å². The third-order valence-corrected chi connectivity index (χ3v) is 3.55. The average Bonchev–Trinajstić information content (AvgIpc) is 2.48. The summed E-state index contributed by atoms with van der Waals surface area (Å²) in [6, 6.07) is 7.89. The summed E-state index contributed by atoms with van der Waals surface area (Å²) in [5.74, 6) is 0.589. The molecule has 1 atom stereocenters. The second kappa shape index (κ2) is 5.44. The number of aromatic nitrogens is 1. The first-order chi connectivity index (χ1) is 10.1. The Morgan fingerprint density at radius 2 is 2.24 bits per heavy atom. The highest BCUT2D eigenvalue weighted by Gasteiger charge is 2.17. The molecule has 0 fully saturated rings. The number of anilines is 2. The van der Waals surface area contributed by atoms with Gasteiger partial charge in [0.15, 0.2) is 6.61 Å². The van der Waals surface area contributed by atoms with Crippen LogP contribution >= 0.6 is 0 Å². The smallest absolute Gasteiger partial charge is 0.262 e. The SMILES string of the molecule is Cc1ccncc1NC(C)c1ccc2c(c1)NC(=O)CO2. The summed E-state index contributed by atoms with van der Waals surface area (Å²) in [7, 11) is 0. The Morgan fingerprint density at radius 1 is 1.38 bits per heavy atom. The molecule has 0 bridgehead atoms. The van der Waals surface area contributed by atoms with Gasteiger partial charge in [-0.2, -0.15) is 0 Å². The predicted molar refractivity (Wildman–Crippen MR) is 81.6 cm³/mol. The van der Waals surface area contributed by atoms with Gasteiger partial charge in [-0.15, -0.1) is 0 Å². The maximum Gasteiger partial charge on any atom is 0.262 e. The maximum absolute atomic E-state index is 11.4. The Balaban J connectivity index is 1.82. The number of hydrogen-bond acceptors (Lipinski definition) is 4. The van der Waals surface area contributed by atoms with Crippen molar-refractivity contribution in [1.29, 1.82) is 0 Å². The molecule has 2 heterocycles. The summed E-state index contributed by atoms with van der Waals surface area (Å²) in [6.45, 7) is 4.19. The fraction of sp³-hybridized carbons (Fsp3) is 0.250. The van der Waals surface area contributed by atoms with Crippen molar-refractivity contribution < 1.29 is 9.53 Å². The number of pyridine rings is 1. The van der Waals surface area contributed by atoms with Crippen molar-refractivity contribution in [1.82, 2.24) is 4.98 Å². The van der Waals surface area contributed by atoms with Crippen molar-refractivity contribution in [2.24, 2.45) is 0 Å². The topological polar surface area (TPSA) is 63.2 Å². The first-order valence-electron chi connectivity index (χ1n) is 6.87. The average molecular weight is 283 g/mol. The molecule has 1 aromatic heterocycles. The lowest BCUT2D eigenvalue weighted by atomic mass is 10.1. The molecule has 1 aliphatic heterocycles. The van der Waals surface area contributed by atoms with Crippen molar-refractivity contribution in [3.05, 3.63) is 47.8 Å². The van der Waals surface area contributed by atoms with Crippen LogP contribution < -0.4 is 15.4 Å². The molecule has 0 saturated heterocycles. The normalized spacial score (nSPS) is 14.7. The van der Waals surface area contributed by atoms with Gasteiger partial charge in [0.1, 0.15) is 5.75 Å². The van der Waals surface area contributed by atoms with Crippen molar-refractivity contribution in [3.8, 4) is 5.75 Å². The summed E-state index contributed by atoms with van der Waals surface area (Å²) in [4.78, 5) is 15.5. The number of nitrogens with one attached hydrogen (secondary N) is 2. The van der Waals surface area contributed by atoms with E-state index in [1.165, 1.54) is 0 Å². The van der Waals surface area contributed by atoms with E-state index in [2.05, 4.69) is 22.5 Å². The van der Waals surface area contributed by atoms with Gasteiger partial charge < -0.3 is 15.4 Å². The number of hydrogen-bond donors (Lipinski definition) is 2. The number of rotatable bonds is 3. The van der Waals surface area contributed by atoms with E-state index in [-0.39, 0.29) is 18.6 Å². The minimum atomic E-state index is -0.122. The zero-order chi connectivity index (χ0) is 14.8. The highest BCUT2D eigenvalue weighted by Crippen LogP contribution is 2.31. The van der Waals surface area contributed by atoms with Crippen LogP contribution in [0.25, 0.3) is 0 Å². The van der Waals surface area contributed by atoms with E-state index < -0.39 is 0 Å². The zero-order valence-corrected chi connectivity index (χ0v) is 12.0. The maximum atomic E-state index is 11.4. The van der Waals surface area contributed by atoms with E-state index in [1.807, 2.05) is 37.4 Å². The number of carbonyl (C=O) groups excluding carboxylic acids is 1.